The molecule has 1 heterocycles. The predicted molar refractivity (Wildman–Crippen MR) is 102 cm³/mol. The minimum Gasteiger partial charge on any atom is -0.481 e. The third-order valence-electron chi connectivity index (χ3n) is 5.80. The Morgan fingerprint density at radius 1 is 1.04 bits per heavy atom. The van der Waals surface area contributed by atoms with Crippen molar-refractivity contribution in [1.29, 1.82) is 0 Å². The number of likely N-dealkylation sites (tertiary alicyclic amines) is 1. The number of rotatable bonds is 3. The Kier molecular flexibility index (Phi) is 4.60. The van der Waals surface area contributed by atoms with Crippen molar-refractivity contribution in [3.63, 3.8) is 0 Å². The van der Waals surface area contributed by atoms with Gasteiger partial charge in [-0.1, -0.05) is 48.5 Å². The van der Waals surface area contributed by atoms with Gasteiger partial charge in [0.25, 0.3) is 0 Å². The molecule has 1 aliphatic heterocycles. The van der Waals surface area contributed by atoms with E-state index in [2.05, 4.69) is 24.3 Å². The molecule has 0 radical (unpaired) electrons. The van der Waals surface area contributed by atoms with E-state index in [0.717, 1.165) is 0 Å². The molecule has 0 saturated carbocycles. The second-order valence-electron chi connectivity index (χ2n) is 7.42. The number of piperidine rings is 1. The van der Waals surface area contributed by atoms with Crippen LogP contribution in [-0.2, 0) is 9.53 Å². The molecule has 2 aromatic rings. The number of amides is 1. The maximum atomic E-state index is 12.7. The number of fused-ring (bicyclic) bond motifs is 3. The number of benzene rings is 2. The molecule has 1 fully saturated rings. The molecule has 0 bridgehead atoms. The number of hydrogen-bond acceptors (Lipinski definition) is 3. The Labute approximate surface area is 158 Å². The van der Waals surface area contributed by atoms with Crippen LogP contribution >= 0.6 is 0 Å². The number of carbonyl (C=O) groups is 2. The quantitative estimate of drug-likeness (QED) is 0.888. The van der Waals surface area contributed by atoms with Crippen molar-refractivity contribution in [2.24, 2.45) is 5.92 Å². The lowest BCUT2D eigenvalue weighted by molar-refractivity contribution is -0.143. The van der Waals surface area contributed by atoms with Crippen molar-refractivity contribution < 1.29 is 19.4 Å². The maximum Gasteiger partial charge on any atom is 0.410 e. The molecule has 5 nitrogen and oxygen atoms in total. The van der Waals surface area contributed by atoms with Gasteiger partial charge in [-0.25, -0.2) is 4.79 Å². The fraction of sp³-hybridized carbons (Fsp3) is 0.364. The third-order valence-corrected chi connectivity index (χ3v) is 5.80. The first-order valence-electron chi connectivity index (χ1n) is 9.40. The largest absolute Gasteiger partial charge is 0.481 e. The average molecular weight is 365 g/mol. The highest BCUT2D eigenvalue weighted by Crippen LogP contribution is 2.44. The lowest BCUT2D eigenvalue weighted by atomic mass is 9.94. The Morgan fingerprint density at radius 3 is 2.22 bits per heavy atom. The second kappa shape index (κ2) is 7.06. The molecule has 140 valence electrons. The highest BCUT2D eigenvalue weighted by Gasteiger charge is 2.35. The third kappa shape index (κ3) is 3.18. The predicted octanol–water partition coefficient (Wildman–Crippen LogP) is 4.12. The van der Waals surface area contributed by atoms with E-state index < -0.39 is 18.0 Å². The van der Waals surface area contributed by atoms with Gasteiger partial charge in [0.2, 0.25) is 0 Å². The summed E-state index contributed by atoms with van der Waals surface area (Å²) in [6.07, 6.45) is 0.862. The van der Waals surface area contributed by atoms with Gasteiger partial charge in [-0.2, -0.15) is 0 Å². The molecular weight excluding hydrogens is 342 g/mol. The summed E-state index contributed by atoms with van der Waals surface area (Å²) < 4.78 is 5.67. The van der Waals surface area contributed by atoms with Gasteiger partial charge >= 0.3 is 12.1 Å². The monoisotopic (exact) mass is 365 g/mol. The van der Waals surface area contributed by atoms with Crippen LogP contribution in [0.2, 0.25) is 0 Å². The number of hydrogen-bond donors (Lipinski definition) is 1. The van der Waals surface area contributed by atoms with Gasteiger partial charge < -0.3 is 14.7 Å². The van der Waals surface area contributed by atoms with Gasteiger partial charge in [0.05, 0.1) is 5.92 Å². The maximum absolute atomic E-state index is 12.7. The number of carboxylic acid groups (broad SMARTS) is 1. The molecule has 2 aromatic carbocycles. The van der Waals surface area contributed by atoms with Gasteiger partial charge in [-0.05, 0) is 42.0 Å². The second-order valence-corrected chi connectivity index (χ2v) is 7.42. The van der Waals surface area contributed by atoms with Crippen molar-refractivity contribution in [3.05, 3.63) is 59.7 Å². The summed E-state index contributed by atoms with van der Waals surface area (Å²) in [6.45, 7) is 2.42. The molecule has 0 aromatic heterocycles. The minimum atomic E-state index is -0.849. The van der Waals surface area contributed by atoms with Crippen LogP contribution in [0.25, 0.3) is 11.1 Å². The zero-order valence-electron chi connectivity index (χ0n) is 15.3. The van der Waals surface area contributed by atoms with Crippen molar-refractivity contribution in [1.82, 2.24) is 4.90 Å². The molecule has 2 aliphatic rings. The summed E-state index contributed by atoms with van der Waals surface area (Å²) in [6, 6.07) is 16.4. The van der Waals surface area contributed by atoms with Crippen molar-refractivity contribution in [3.8, 4) is 11.1 Å². The summed E-state index contributed by atoms with van der Waals surface area (Å²) in [4.78, 5) is 25.5. The van der Waals surface area contributed by atoms with Crippen LogP contribution in [-0.4, -0.2) is 41.3 Å². The highest BCUT2D eigenvalue weighted by atomic mass is 16.6. The summed E-state index contributed by atoms with van der Waals surface area (Å²) in [5, 5.41) is 9.27. The van der Waals surface area contributed by atoms with Gasteiger partial charge in [0.1, 0.15) is 6.61 Å². The molecule has 27 heavy (non-hydrogen) atoms. The van der Waals surface area contributed by atoms with Crippen LogP contribution in [0.3, 0.4) is 0 Å². The number of carbonyl (C=O) groups excluding carboxylic acids is 1. The van der Waals surface area contributed by atoms with Gasteiger partial charge in [0, 0.05) is 18.5 Å². The molecule has 2 atom stereocenters. The van der Waals surface area contributed by atoms with E-state index in [-0.39, 0.29) is 25.1 Å². The molecule has 1 N–H and O–H groups in total. The zero-order valence-corrected chi connectivity index (χ0v) is 15.3. The fourth-order valence-electron chi connectivity index (χ4n) is 4.24. The molecule has 0 spiro atoms. The van der Waals surface area contributed by atoms with Crippen LogP contribution in [0.4, 0.5) is 4.79 Å². The van der Waals surface area contributed by atoms with Crippen molar-refractivity contribution >= 4 is 12.1 Å². The first-order chi connectivity index (χ1) is 13.1. The molecule has 1 aliphatic carbocycles. The number of carboxylic acids is 1. The first-order valence-corrected chi connectivity index (χ1v) is 9.40. The van der Waals surface area contributed by atoms with E-state index in [4.69, 9.17) is 4.74 Å². The van der Waals surface area contributed by atoms with Crippen LogP contribution < -0.4 is 0 Å². The smallest absolute Gasteiger partial charge is 0.410 e. The van der Waals surface area contributed by atoms with Gasteiger partial charge in [-0.3, -0.25) is 4.79 Å². The minimum absolute atomic E-state index is 0.00347. The molecular formula is C22H23NO4. The molecule has 4 rings (SSSR count). The molecule has 5 heteroatoms. The van der Waals surface area contributed by atoms with Gasteiger partial charge in [-0.15, -0.1) is 0 Å². The van der Waals surface area contributed by atoms with Crippen LogP contribution in [0.15, 0.2) is 48.5 Å². The number of aliphatic carboxylic acids is 1. The van der Waals surface area contributed by atoms with E-state index in [0.29, 0.717) is 12.8 Å². The summed E-state index contributed by atoms with van der Waals surface area (Å²) in [5.41, 5.74) is 4.71. The molecule has 0 unspecified atom stereocenters. The van der Waals surface area contributed by atoms with E-state index in [1.54, 1.807) is 4.90 Å². The van der Waals surface area contributed by atoms with Crippen LogP contribution in [0, 0.1) is 5.92 Å². The summed E-state index contributed by atoms with van der Waals surface area (Å²) in [7, 11) is 0. The highest BCUT2D eigenvalue weighted by molar-refractivity contribution is 5.79. The zero-order chi connectivity index (χ0) is 19.0. The Morgan fingerprint density at radius 2 is 1.63 bits per heavy atom. The Hall–Kier alpha value is -2.82. The van der Waals surface area contributed by atoms with Crippen LogP contribution in [0.1, 0.15) is 36.8 Å². The average Bonchev–Trinajstić information content (AvgIpc) is 3.00. The fourth-order valence-corrected chi connectivity index (χ4v) is 4.24. The lowest BCUT2D eigenvalue weighted by Crippen LogP contribution is -2.47. The van der Waals surface area contributed by atoms with Crippen molar-refractivity contribution in [2.45, 2.75) is 31.7 Å². The van der Waals surface area contributed by atoms with E-state index in [1.807, 2.05) is 31.2 Å². The van der Waals surface area contributed by atoms with E-state index in [9.17, 15) is 14.7 Å². The van der Waals surface area contributed by atoms with Crippen LogP contribution in [0.5, 0.6) is 0 Å². The molecule has 1 amide bonds. The SMILES string of the molecule is C[C@H]1CC[C@@H](C(=O)O)CN1C(=O)OCC1c2ccccc2-c2ccccc21. The van der Waals surface area contributed by atoms with E-state index in [1.165, 1.54) is 22.3 Å². The van der Waals surface area contributed by atoms with Gasteiger partial charge in [0.15, 0.2) is 0 Å². The summed E-state index contributed by atoms with van der Waals surface area (Å²) in [5.74, 6) is -1.35. The van der Waals surface area contributed by atoms with Crippen molar-refractivity contribution in [2.75, 3.05) is 13.2 Å². The molecule has 1 saturated heterocycles. The standard InChI is InChI=1S/C22H23NO4/c1-14-10-11-15(21(24)25)12-23(14)22(26)27-13-20-18-8-4-2-6-16(18)17-7-3-5-9-19(17)20/h2-9,14-15,20H,10-13H2,1H3,(H,24,25)/t14-,15+/m0/s1. The normalized spacial score (nSPS) is 21.4. The lowest BCUT2D eigenvalue weighted by Gasteiger charge is -2.35. The first kappa shape index (κ1) is 17.6. The van der Waals surface area contributed by atoms with E-state index >= 15 is 0 Å². The topological polar surface area (TPSA) is 66.8 Å². The number of nitrogens with zero attached hydrogens (tertiary/aromatic N) is 1. The Bertz CT molecular complexity index is 833. The number of ether oxygens (including phenoxy) is 1. The summed E-state index contributed by atoms with van der Waals surface area (Å²) >= 11 is 0. The Balaban J connectivity index is 1.50.